The lowest BCUT2D eigenvalue weighted by molar-refractivity contribution is -0.123. The van der Waals surface area contributed by atoms with E-state index >= 15 is 0 Å². The van der Waals surface area contributed by atoms with E-state index in [0.29, 0.717) is 13.0 Å². The summed E-state index contributed by atoms with van der Waals surface area (Å²) in [5.41, 5.74) is 0.747. The van der Waals surface area contributed by atoms with Crippen molar-refractivity contribution in [3.8, 4) is 0 Å². The molecule has 2 N–H and O–H groups in total. The van der Waals surface area contributed by atoms with Crippen LogP contribution in [0.25, 0.3) is 0 Å². The summed E-state index contributed by atoms with van der Waals surface area (Å²) < 4.78 is 1.01. The highest BCUT2D eigenvalue weighted by Gasteiger charge is 2.51. The van der Waals surface area contributed by atoms with Gasteiger partial charge < -0.3 is 10.4 Å². The van der Waals surface area contributed by atoms with E-state index in [1.165, 1.54) is 0 Å². The van der Waals surface area contributed by atoms with Crippen molar-refractivity contribution in [2.75, 3.05) is 6.54 Å². The summed E-state index contributed by atoms with van der Waals surface area (Å²) in [5, 5.41) is 12.4. The fourth-order valence-corrected chi connectivity index (χ4v) is 2.68. The van der Waals surface area contributed by atoms with Gasteiger partial charge in [0.1, 0.15) is 0 Å². The van der Waals surface area contributed by atoms with Crippen LogP contribution in [0.2, 0.25) is 0 Å². The van der Waals surface area contributed by atoms with Crippen molar-refractivity contribution in [3.05, 3.63) is 34.3 Å². The number of carbonyl (C=O) groups excluding carboxylic acids is 1. The number of aliphatic hydroxyl groups excluding tert-OH is 1. The second-order valence-electron chi connectivity index (χ2n) is 5.20. The first kappa shape index (κ1) is 14.5. The van der Waals surface area contributed by atoms with E-state index < -0.39 is 0 Å². The lowest BCUT2D eigenvalue weighted by Gasteiger charge is -2.17. The number of hydrogen-bond acceptors (Lipinski definition) is 2. The lowest BCUT2D eigenvalue weighted by Crippen LogP contribution is -2.36. The third kappa shape index (κ3) is 3.37. The predicted octanol–water partition coefficient (Wildman–Crippen LogP) is 2.76. The van der Waals surface area contributed by atoms with E-state index in [4.69, 9.17) is 0 Å². The molecule has 0 aliphatic heterocycles. The highest BCUT2D eigenvalue weighted by molar-refractivity contribution is 9.10. The molecule has 1 atom stereocenters. The molecule has 3 nitrogen and oxygen atoms in total. The monoisotopic (exact) mass is 325 g/mol. The number of hydrogen-bond donors (Lipinski definition) is 2. The molecule has 2 rings (SSSR count). The molecule has 1 aromatic carbocycles. The smallest absolute Gasteiger partial charge is 0.230 e. The molecule has 19 heavy (non-hydrogen) atoms. The molecule has 4 heteroatoms. The Morgan fingerprint density at radius 2 is 2.26 bits per heavy atom. The second kappa shape index (κ2) is 6.06. The standard InChI is InChI=1S/C15H20BrNO2/c1-2-13(18)6-9-17-14(19)15(7-8-15)11-4-3-5-12(16)10-11/h3-5,10,13,18H,2,6-9H2,1H3,(H,17,19). The van der Waals surface area contributed by atoms with Gasteiger partial charge in [-0.25, -0.2) is 0 Å². The third-order valence-electron chi connectivity index (χ3n) is 3.80. The van der Waals surface area contributed by atoms with Gasteiger partial charge in [0, 0.05) is 11.0 Å². The Morgan fingerprint density at radius 1 is 1.53 bits per heavy atom. The van der Waals surface area contributed by atoms with Gasteiger partial charge in [0.25, 0.3) is 0 Å². The molecule has 1 saturated carbocycles. The Labute approximate surface area is 122 Å². The topological polar surface area (TPSA) is 49.3 Å². The van der Waals surface area contributed by atoms with Crippen molar-refractivity contribution < 1.29 is 9.90 Å². The van der Waals surface area contributed by atoms with Crippen LogP contribution < -0.4 is 5.32 Å². The fourth-order valence-electron chi connectivity index (χ4n) is 2.28. The van der Waals surface area contributed by atoms with Crippen LogP contribution in [0.4, 0.5) is 0 Å². The maximum absolute atomic E-state index is 12.3. The molecular formula is C15H20BrNO2. The Balaban J connectivity index is 1.95. The summed E-state index contributed by atoms with van der Waals surface area (Å²) in [5.74, 6) is 0.0916. The molecular weight excluding hydrogens is 306 g/mol. The van der Waals surface area contributed by atoms with Crippen LogP contribution in [-0.4, -0.2) is 23.7 Å². The molecule has 0 spiro atoms. The predicted molar refractivity (Wildman–Crippen MR) is 79.0 cm³/mol. The average molecular weight is 326 g/mol. The number of nitrogens with one attached hydrogen (secondary N) is 1. The van der Waals surface area contributed by atoms with Gasteiger partial charge in [0.15, 0.2) is 0 Å². The zero-order chi connectivity index (χ0) is 13.9. The summed E-state index contributed by atoms with van der Waals surface area (Å²) in [7, 11) is 0. The zero-order valence-corrected chi connectivity index (χ0v) is 12.7. The van der Waals surface area contributed by atoms with Crippen LogP contribution in [-0.2, 0) is 10.2 Å². The first-order chi connectivity index (χ1) is 9.08. The van der Waals surface area contributed by atoms with Crippen LogP contribution in [0.15, 0.2) is 28.7 Å². The van der Waals surface area contributed by atoms with Crippen LogP contribution in [0, 0.1) is 0 Å². The summed E-state index contributed by atoms with van der Waals surface area (Å²) >= 11 is 3.45. The number of benzene rings is 1. The number of rotatable bonds is 6. The molecule has 0 bridgehead atoms. The molecule has 0 aromatic heterocycles. The fraction of sp³-hybridized carbons (Fsp3) is 0.533. The van der Waals surface area contributed by atoms with Crippen LogP contribution >= 0.6 is 15.9 Å². The van der Waals surface area contributed by atoms with Crippen molar-refractivity contribution >= 4 is 21.8 Å². The van der Waals surface area contributed by atoms with Gasteiger partial charge >= 0.3 is 0 Å². The molecule has 1 aliphatic carbocycles. The Hall–Kier alpha value is -0.870. The van der Waals surface area contributed by atoms with Gasteiger partial charge in [-0.1, -0.05) is 35.0 Å². The van der Waals surface area contributed by atoms with Gasteiger partial charge in [0.2, 0.25) is 5.91 Å². The van der Waals surface area contributed by atoms with E-state index in [2.05, 4.69) is 21.2 Å². The summed E-state index contributed by atoms with van der Waals surface area (Å²) in [6, 6.07) is 7.97. The number of amides is 1. The molecule has 0 radical (unpaired) electrons. The van der Waals surface area contributed by atoms with Gasteiger partial charge in [-0.05, 0) is 43.4 Å². The molecule has 0 heterocycles. The maximum Gasteiger partial charge on any atom is 0.230 e. The minimum atomic E-state index is -0.332. The molecule has 1 aromatic rings. The van der Waals surface area contributed by atoms with E-state index in [-0.39, 0.29) is 17.4 Å². The second-order valence-corrected chi connectivity index (χ2v) is 6.11. The molecule has 1 amide bonds. The Kier molecular flexibility index (Phi) is 4.63. The number of halogens is 1. The third-order valence-corrected chi connectivity index (χ3v) is 4.29. The molecule has 1 aliphatic rings. The maximum atomic E-state index is 12.3. The van der Waals surface area contributed by atoms with Crippen molar-refractivity contribution in [2.24, 2.45) is 0 Å². The number of carbonyl (C=O) groups is 1. The molecule has 1 unspecified atom stereocenters. The van der Waals surface area contributed by atoms with Crippen LogP contribution in [0.5, 0.6) is 0 Å². The summed E-state index contributed by atoms with van der Waals surface area (Å²) in [6.45, 7) is 2.49. The Bertz CT molecular complexity index is 457. The van der Waals surface area contributed by atoms with Gasteiger partial charge in [0.05, 0.1) is 11.5 Å². The summed E-state index contributed by atoms with van der Waals surface area (Å²) in [4.78, 5) is 12.3. The van der Waals surface area contributed by atoms with Gasteiger partial charge in [-0.15, -0.1) is 0 Å². The lowest BCUT2D eigenvalue weighted by atomic mass is 9.95. The molecule has 0 saturated heterocycles. The number of aliphatic hydroxyl groups is 1. The molecule has 104 valence electrons. The normalized spacial score (nSPS) is 17.8. The van der Waals surface area contributed by atoms with Gasteiger partial charge in [-0.2, -0.15) is 0 Å². The van der Waals surface area contributed by atoms with Crippen molar-refractivity contribution in [1.82, 2.24) is 5.32 Å². The SMILES string of the molecule is CCC(O)CCNC(=O)C1(c2cccc(Br)c2)CC1. The largest absolute Gasteiger partial charge is 0.393 e. The molecule has 1 fully saturated rings. The minimum absolute atomic E-state index is 0.0916. The first-order valence-electron chi connectivity index (χ1n) is 6.81. The quantitative estimate of drug-likeness (QED) is 0.844. The van der Waals surface area contributed by atoms with Crippen LogP contribution in [0.1, 0.15) is 38.2 Å². The van der Waals surface area contributed by atoms with Crippen molar-refractivity contribution in [2.45, 2.75) is 44.1 Å². The zero-order valence-electron chi connectivity index (χ0n) is 11.2. The van der Waals surface area contributed by atoms with Crippen LogP contribution in [0.3, 0.4) is 0 Å². The minimum Gasteiger partial charge on any atom is -0.393 e. The first-order valence-corrected chi connectivity index (χ1v) is 7.60. The van der Waals surface area contributed by atoms with Gasteiger partial charge in [-0.3, -0.25) is 4.79 Å². The van der Waals surface area contributed by atoms with Crippen molar-refractivity contribution in [3.63, 3.8) is 0 Å². The van der Waals surface area contributed by atoms with E-state index in [0.717, 1.165) is 29.3 Å². The van der Waals surface area contributed by atoms with E-state index in [9.17, 15) is 9.90 Å². The van der Waals surface area contributed by atoms with E-state index in [1.54, 1.807) is 0 Å². The summed E-state index contributed by atoms with van der Waals surface area (Å²) in [6.07, 6.45) is 2.85. The average Bonchev–Trinajstić information content (AvgIpc) is 3.20. The Morgan fingerprint density at radius 3 is 2.84 bits per heavy atom. The van der Waals surface area contributed by atoms with Crippen molar-refractivity contribution in [1.29, 1.82) is 0 Å². The highest BCUT2D eigenvalue weighted by Crippen LogP contribution is 2.48. The highest BCUT2D eigenvalue weighted by atomic mass is 79.9. The van der Waals surface area contributed by atoms with E-state index in [1.807, 2.05) is 31.2 Å².